The molecule has 0 spiro atoms. The molecule has 0 aromatic rings. The first-order chi connectivity index (χ1) is 8.33. The van der Waals surface area contributed by atoms with Crippen LogP contribution in [0.4, 0.5) is 0 Å². The van der Waals surface area contributed by atoms with Crippen molar-refractivity contribution in [3.05, 3.63) is 0 Å². The van der Waals surface area contributed by atoms with E-state index in [1.165, 1.54) is 6.42 Å². The summed E-state index contributed by atoms with van der Waals surface area (Å²) >= 11 is 0. The first kappa shape index (κ1) is 12.8. The van der Waals surface area contributed by atoms with Crippen LogP contribution in [-0.2, 0) is 14.3 Å². The lowest BCUT2D eigenvalue weighted by Crippen LogP contribution is -2.52. The third-order valence-corrected chi connectivity index (χ3v) is 3.49. The summed E-state index contributed by atoms with van der Waals surface area (Å²) in [4.78, 5) is 14.3. The molecule has 1 atom stereocenters. The highest BCUT2D eigenvalue weighted by Crippen LogP contribution is 2.26. The molecule has 2 rings (SSSR count). The summed E-state index contributed by atoms with van der Waals surface area (Å²) in [7, 11) is 0. The van der Waals surface area contributed by atoms with Gasteiger partial charge < -0.3 is 20.1 Å². The maximum absolute atomic E-state index is 12.3. The summed E-state index contributed by atoms with van der Waals surface area (Å²) in [6, 6.07) is 0.402. The van der Waals surface area contributed by atoms with Crippen LogP contribution in [0.1, 0.15) is 25.7 Å². The van der Waals surface area contributed by atoms with Gasteiger partial charge in [-0.2, -0.15) is 0 Å². The van der Waals surface area contributed by atoms with E-state index in [9.17, 15) is 4.79 Å². The van der Waals surface area contributed by atoms with Crippen LogP contribution in [-0.4, -0.2) is 55.9 Å². The second-order valence-electron chi connectivity index (χ2n) is 4.69. The van der Waals surface area contributed by atoms with Crippen LogP contribution in [0.25, 0.3) is 0 Å². The van der Waals surface area contributed by atoms with Crippen LogP contribution in [0, 0.1) is 0 Å². The van der Waals surface area contributed by atoms with Crippen LogP contribution in [0.5, 0.6) is 0 Å². The first-order valence-corrected chi connectivity index (χ1v) is 6.53. The lowest BCUT2D eigenvalue weighted by Gasteiger charge is -2.39. The summed E-state index contributed by atoms with van der Waals surface area (Å²) in [6.45, 7) is 2.88. The zero-order valence-electron chi connectivity index (χ0n) is 10.3. The maximum Gasteiger partial charge on any atom is 0.254 e. The Morgan fingerprint density at radius 2 is 2.18 bits per heavy atom. The van der Waals surface area contributed by atoms with E-state index < -0.39 is 6.10 Å². The second-order valence-corrected chi connectivity index (χ2v) is 4.69. The van der Waals surface area contributed by atoms with Crippen molar-refractivity contribution in [2.75, 3.05) is 32.9 Å². The Balaban J connectivity index is 1.90. The van der Waals surface area contributed by atoms with Gasteiger partial charge in [-0.1, -0.05) is 0 Å². The number of nitrogens with zero attached hydrogens (tertiary/aromatic N) is 1. The van der Waals surface area contributed by atoms with Gasteiger partial charge in [-0.3, -0.25) is 4.79 Å². The fourth-order valence-corrected chi connectivity index (χ4v) is 2.25. The minimum Gasteiger partial charge on any atom is -0.376 e. The van der Waals surface area contributed by atoms with E-state index in [2.05, 4.69) is 0 Å². The van der Waals surface area contributed by atoms with Crippen molar-refractivity contribution >= 4 is 5.91 Å². The van der Waals surface area contributed by atoms with Gasteiger partial charge in [-0.25, -0.2) is 0 Å². The van der Waals surface area contributed by atoms with Gasteiger partial charge in [0.15, 0.2) is 6.10 Å². The van der Waals surface area contributed by atoms with E-state index in [1.807, 2.05) is 4.90 Å². The monoisotopic (exact) mass is 242 g/mol. The molecule has 17 heavy (non-hydrogen) atoms. The lowest BCUT2D eigenvalue weighted by molar-refractivity contribution is -0.161. The molecule has 98 valence electrons. The molecule has 1 heterocycles. The Labute approximate surface area is 102 Å². The largest absolute Gasteiger partial charge is 0.376 e. The summed E-state index contributed by atoms with van der Waals surface area (Å²) in [5, 5.41) is 0. The Kier molecular flexibility index (Phi) is 4.76. The minimum absolute atomic E-state index is 0.0860. The molecule has 0 aromatic carbocycles. The summed E-state index contributed by atoms with van der Waals surface area (Å²) in [5.74, 6) is 0.0860. The van der Waals surface area contributed by atoms with Crippen molar-refractivity contribution < 1.29 is 14.3 Å². The minimum atomic E-state index is -0.401. The van der Waals surface area contributed by atoms with Crippen molar-refractivity contribution in [3.8, 4) is 0 Å². The molecule has 1 aliphatic heterocycles. The standard InChI is InChI=1S/C12H22N2O3/c13-5-2-6-14(10-3-1-4-10)12(15)11-9-16-7-8-17-11/h10-11H,1-9,13H2. The van der Waals surface area contributed by atoms with Gasteiger partial charge in [-0.05, 0) is 32.2 Å². The zero-order valence-corrected chi connectivity index (χ0v) is 10.3. The van der Waals surface area contributed by atoms with E-state index in [0.717, 1.165) is 25.8 Å². The summed E-state index contributed by atoms with van der Waals surface area (Å²) in [6.07, 6.45) is 3.91. The number of hydrogen-bond donors (Lipinski definition) is 1. The van der Waals surface area contributed by atoms with Crippen molar-refractivity contribution in [3.63, 3.8) is 0 Å². The van der Waals surface area contributed by atoms with Gasteiger partial charge in [0.1, 0.15) is 0 Å². The van der Waals surface area contributed by atoms with E-state index >= 15 is 0 Å². The van der Waals surface area contributed by atoms with Crippen LogP contribution in [0.15, 0.2) is 0 Å². The highest BCUT2D eigenvalue weighted by atomic mass is 16.6. The smallest absolute Gasteiger partial charge is 0.254 e. The van der Waals surface area contributed by atoms with E-state index in [-0.39, 0.29) is 5.91 Å². The molecule has 0 aromatic heterocycles. The fraction of sp³-hybridized carbons (Fsp3) is 0.917. The number of rotatable bonds is 5. The molecule has 5 nitrogen and oxygen atoms in total. The van der Waals surface area contributed by atoms with E-state index in [0.29, 0.717) is 32.4 Å². The van der Waals surface area contributed by atoms with Crippen LogP contribution >= 0.6 is 0 Å². The highest BCUT2D eigenvalue weighted by molar-refractivity contribution is 5.81. The highest BCUT2D eigenvalue weighted by Gasteiger charge is 2.33. The Hall–Kier alpha value is -0.650. The van der Waals surface area contributed by atoms with Crippen LogP contribution in [0.3, 0.4) is 0 Å². The van der Waals surface area contributed by atoms with Gasteiger partial charge in [-0.15, -0.1) is 0 Å². The Morgan fingerprint density at radius 1 is 1.35 bits per heavy atom. The number of hydrogen-bond acceptors (Lipinski definition) is 4. The molecule has 0 radical (unpaired) electrons. The maximum atomic E-state index is 12.3. The molecule has 0 bridgehead atoms. The van der Waals surface area contributed by atoms with E-state index in [4.69, 9.17) is 15.2 Å². The second kappa shape index (κ2) is 6.33. The van der Waals surface area contributed by atoms with Gasteiger partial charge in [0.25, 0.3) is 5.91 Å². The lowest BCUT2D eigenvalue weighted by atomic mass is 9.91. The fourth-order valence-electron chi connectivity index (χ4n) is 2.25. The average Bonchev–Trinajstić information content (AvgIpc) is 2.32. The van der Waals surface area contributed by atoms with Crippen LogP contribution in [0.2, 0.25) is 0 Å². The number of ether oxygens (including phenoxy) is 2. The van der Waals surface area contributed by atoms with Crippen molar-refractivity contribution in [2.45, 2.75) is 37.8 Å². The van der Waals surface area contributed by atoms with Gasteiger partial charge in [0, 0.05) is 12.6 Å². The van der Waals surface area contributed by atoms with Crippen LogP contribution < -0.4 is 5.73 Å². The predicted octanol–water partition coefficient (Wildman–Crippen LogP) is 0.132. The third kappa shape index (κ3) is 3.18. The number of amides is 1. The molecule has 1 amide bonds. The molecule has 1 saturated heterocycles. The average molecular weight is 242 g/mol. The first-order valence-electron chi connectivity index (χ1n) is 6.53. The molecule has 1 saturated carbocycles. The molecule has 1 unspecified atom stereocenters. The topological polar surface area (TPSA) is 64.8 Å². The van der Waals surface area contributed by atoms with Gasteiger partial charge >= 0.3 is 0 Å². The summed E-state index contributed by atoms with van der Waals surface area (Å²) < 4.78 is 10.8. The number of carbonyl (C=O) groups excluding carboxylic acids is 1. The Bertz CT molecular complexity index is 250. The molecule has 2 N–H and O–H groups in total. The molecule has 5 heteroatoms. The van der Waals surface area contributed by atoms with Crippen molar-refractivity contribution in [2.24, 2.45) is 5.73 Å². The number of nitrogens with two attached hydrogens (primary N) is 1. The number of carbonyl (C=O) groups is 1. The normalized spacial score (nSPS) is 25.4. The van der Waals surface area contributed by atoms with Crippen molar-refractivity contribution in [1.82, 2.24) is 4.90 Å². The molecule has 2 fully saturated rings. The van der Waals surface area contributed by atoms with Gasteiger partial charge in [0.2, 0.25) is 0 Å². The molecule has 2 aliphatic rings. The van der Waals surface area contributed by atoms with Crippen molar-refractivity contribution in [1.29, 1.82) is 0 Å². The van der Waals surface area contributed by atoms with E-state index in [1.54, 1.807) is 0 Å². The van der Waals surface area contributed by atoms with Gasteiger partial charge in [0.05, 0.1) is 19.8 Å². The SMILES string of the molecule is NCCCN(C(=O)C1COCCO1)C1CCC1. The zero-order chi connectivity index (χ0) is 12.1. The Morgan fingerprint density at radius 3 is 2.71 bits per heavy atom. The predicted molar refractivity (Wildman–Crippen MR) is 63.6 cm³/mol. The molecular formula is C12H22N2O3. The summed E-state index contributed by atoms with van der Waals surface area (Å²) in [5.41, 5.74) is 5.52. The third-order valence-electron chi connectivity index (χ3n) is 3.49. The molecular weight excluding hydrogens is 220 g/mol. The molecule has 1 aliphatic carbocycles. The quantitative estimate of drug-likeness (QED) is 0.744.